The Labute approximate surface area is 77.6 Å². The SMILES string of the molecule is CC(C)CN(S(=O)[O-])C(C)(C)C. The molecule has 0 N–H and O–H groups in total. The van der Waals surface area contributed by atoms with Crippen molar-refractivity contribution in [2.45, 2.75) is 40.2 Å². The van der Waals surface area contributed by atoms with Crippen molar-refractivity contribution in [3.8, 4) is 0 Å². The third-order valence-electron chi connectivity index (χ3n) is 1.46. The molecular weight excluding hydrogens is 174 g/mol. The third kappa shape index (κ3) is 4.18. The molecule has 0 aromatic carbocycles. The molecule has 0 aromatic heterocycles. The minimum atomic E-state index is -2.11. The molecule has 0 aliphatic rings. The molecule has 1 unspecified atom stereocenters. The monoisotopic (exact) mass is 192 g/mol. The highest BCUT2D eigenvalue weighted by Crippen LogP contribution is 2.16. The van der Waals surface area contributed by atoms with Gasteiger partial charge in [0, 0.05) is 23.4 Å². The molecule has 74 valence electrons. The highest BCUT2D eigenvalue weighted by Gasteiger charge is 2.22. The Kier molecular flexibility index (Phi) is 4.37. The fourth-order valence-electron chi connectivity index (χ4n) is 0.890. The minimum absolute atomic E-state index is 0.309. The molecule has 0 heterocycles. The van der Waals surface area contributed by atoms with Crippen molar-refractivity contribution >= 4 is 11.3 Å². The van der Waals surface area contributed by atoms with Crippen LogP contribution in [0.1, 0.15) is 34.6 Å². The predicted molar refractivity (Wildman–Crippen MR) is 50.2 cm³/mol. The molecule has 0 aliphatic heterocycles. The van der Waals surface area contributed by atoms with Crippen LogP contribution in [0.3, 0.4) is 0 Å². The van der Waals surface area contributed by atoms with Gasteiger partial charge in [-0.15, -0.1) is 0 Å². The van der Waals surface area contributed by atoms with Crippen molar-refractivity contribution in [3.05, 3.63) is 0 Å². The average Bonchev–Trinajstić information content (AvgIpc) is 1.79. The van der Waals surface area contributed by atoms with Gasteiger partial charge in [-0.1, -0.05) is 13.8 Å². The largest absolute Gasteiger partial charge is 0.760 e. The third-order valence-corrected chi connectivity index (χ3v) is 2.52. The van der Waals surface area contributed by atoms with Crippen LogP contribution in [0, 0.1) is 5.92 Å². The lowest BCUT2D eigenvalue weighted by Gasteiger charge is -2.37. The first kappa shape index (κ1) is 12.1. The molecule has 0 rings (SSSR count). The maximum atomic E-state index is 10.8. The van der Waals surface area contributed by atoms with E-state index in [9.17, 15) is 8.76 Å². The summed E-state index contributed by atoms with van der Waals surface area (Å²) in [6.07, 6.45) is 0. The van der Waals surface area contributed by atoms with Gasteiger partial charge in [-0.2, -0.15) is 0 Å². The second-order valence-corrected chi connectivity index (χ2v) is 5.22. The maximum absolute atomic E-state index is 10.8. The Balaban J connectivity index is 4.35. The topological polar surface area (TPSA) is 43.4 Å². The Morgan fingerprint density at radius 1 is 1.42 bits per heavy atom. The van der Waals surface area contributed by atoms with Crippen molar-refractivity contribution in [2.75, 3.05) is 6.54 Å². The van der Waals surface area contributed by atoms with Crippen LogP contribution < -0.4 is 0 Å². The van der Waals surface area contributed by atoms with Gasteiger partial charge in [0.25, 0.3) is 0 Å². The zero-order valence-electron chi connectivity index (χ0n) is 8.46. The zero-order chi connectivity index (χ0) is 9.94. The average molecular weight is 192 g/mol. The molecule has 4 heteroatoms. The predicted octanol–water partition coefficient (Wildman–Crippen LogP) is 1.54. The fourth-order valence-corrected chi connectivity index (χ4v) is 1.76. The molecule has 0 radical (unpaired) electrons. The number of nitrogens with zero attached hydrogens (tertiary/aromatic N) is 1. The Morgan fingerprint density at radius 3 is 1.92 bits per heavy atom. The van der Waals surface area contributed by atoms with E-state index in [0.29, 0.717) is 12.5 Å². The second kappa shape index (κ2) is 4.35. The number of rotatable bonds is 3. The van der Waals surface area contributed by atoms with Crippen molar-refractivity contribution in [1.82, 2.24) is 4.31 Å². The molecule has 0 aliphatic carbocycles. The van der Waals surface area contributed by atoms with Crippen LogP contribution in [0.15, 0.2) is 0 Å². The highest BCUT2D eigenvalue weighted by atomic mass is 32.2. The van der Waals surface area contributed by atoms with Gasteiger partial charge in [0.15, 0.2) is 0 Å². The first-order chi connectivity index (χ1) is 5.25. The van der Waals surface area contributed by atoms with Gasteiger partial charge in [0.1, 0.15) is 0 Å². The van der Waals surface area contributed by atoms with E-state index in [1.165, 1.54) is 4.31 Å². The van der Waals surface area contributed by atoms with E-state index >= 15 is 0 Å². The molecule has 0 saturated heterocycles. The molecular formula is C8H18NO2S-. The van der Waals surface area contributed by atoms with Gasteiger partial charge in [-0.25, -0.2) is 4.31 Å². The van der Waals surface area contributed by atoms with Gasteiger partial charge in [-0.05, 0) is 26.7 Å². The molecule has 0 fully saturated rings. The molecule has 0 aromatic rings. The van der Waals surface area contributed by atoms with Crippen molar-refractivity contribution in [1.29, 1.82) is 0 Å². The summed E-state index contributed by atoms with van der Waals surface area (Å²) in [6, 6.07) is 0. The summed E-state index contributed by atoms with van der Waals surface area (Å²) in [5.74, 6) is 0.363. The molecule has 12 heavy (non-hydrogen) atoms. The van der Waals surface area contributed by atoms with Crippen LogP contribution in [0.2, 0.25) is 0 Å². The van der Waals surface area contributed by atoms with Gasteiger partial charge in [0.2, 0.25) is 0 Å². The molecule has 0 saturated carbocycles. The molecule has 1 atom stereocenters. The number of hydrogen-bond acceptors (Lipinski definition) is 2. The molecule has 0 amide bonds. The van der Waals surface area contributed by atoms with Gasteiger partial charge in [0.05, 0.1) is 0 Å². The quantitative estimate of drug-likeness (QED) is 0.637. The van der Waals surface area contributed by atoms with E-state index < -0.39 is 11.3 Å². The standard InChI is InChI=1S/C8H19NO2S/c1-7(2)6-9(12(10)11)8(3,4)5/h7H,6H2,1-5H3,(H,10,11)/p-1. The van der Waals surface area contributed by atoms with E-state index in [1.54, 1.807) is 0 Å². The molecule has 0 spiro atoms. The lowest BCUT2D eigenvalue weighted by molar-refractivity contribution is 0.221. The minimum Gasteiger partial charge on any atom is -0.760 e. The Morgan fingerprint density at radius 2 is 1.83 bits per heavy atom. The smallest absolute Gasteiger partial charge is 0.0241 e. The van der Waals surface area contributed by atoms with E-state index in [4.69, 9.17) is 0 Å². The van der Waals surface area contributed by atoms with Crippen molar-refractivity contribution in [2.24, 2.45) is 5.92 Å². The lowest BCUT2D eigenvalue weighted by Crippen LogP contribution is -2.44. The summed E-state index contributed by atoms with van der Waals surface area (Å²) in [4.78, 5) is 0. The van der Waals surface area contributed by atoms with Crippen LogP contribution in [-0.2, 0) is 11.3 Å². The zero-order valence-corrected chi connectivity index (χ0v) is 9.27. The van der Waals surface area contributed by atoms with Gasteiger partial charge < -0.3 is 4.55 Å². The molecule has 0 bridgehead atoms. The fraction of sp³-hybridized carbons (Fsp3) is 1.00. The second-order valence-electron chi connectivity index (χ2n) is 4.34. The summed E-state index contributed by atoms with van der Waals surface area (Å²) < 4.78 is 23.1. The Hall–Kier alpha value is 0.0700. The van der Waals surface area contributed by atoms with E-state index in [1.807, 2.05) is 34.6 Å². The summed E-state index contributed by atoms with van der Waals surface area (Å²) in [7, 11) is 0. The van der Waals surface area contributed by atoms with E-state index in [-0.39, 0.29) is 5.54 Å². The maximum Gasteiger partial charge on any atom is 0.0241 e. The van der Waals surface area contributed by atoms with E-state index in [0.717, 1.165) is 0 Å². The van der Waals surface area contributed by atoms with Crippen LogP contribution in [0.25, 0.3) is 0 Å². The van der Waals surface area contributed by atoms with Crippen molar-refractivity contribution < 1.29 is 8.76 Å². The van der Waals surface area contributed by atoms with E-state index in [2.05, 4.69) is 0 Å². The van der Waals surface area contributed by atoms with Crippen LogP contribution in [0.5, 0.6) is 0 Å². The molecule has 3 nitrogen and oxygen atoms in total. The summed E-state index contributed by atoms with van der Waals surface area (Å²) in [6.45, 7) is 10.3. The van der Waals surface area contributed by atoms with Crippen LogP contribution >= 0.6 is 0 Å². The van der Waals surface area contributed by atoms with Gasteiger partial charge in [-0.3, -0.25) is 4.21 Å². The normalized spacial score (nSPS) is 15.7. The summed E-state index contributed by atoms with van der Waals surface area (Å²) in [5, 5.41) is 0. The highest BCUT2D eigenvalue weighted by molar-refractivity contribution is 7.76. The summed E-state index contributed by atoms with van der Waals surface area (Å²) >= 11 is -2.11. The number of hydrogen-bond donors (Lipinski definition) is 0. The first-order valence-corrected chi connectivity index (χ1v) is 5.15. The van der Waals surface area contributed by atoms with Crippen molar-refractivity contribution in [3.63, 3.8) is 0 Å². The summed E-state index contributed by atoms with van der Waals surface area (Å²) in [5.41, 5.74) is -0.309. The van der Waals surface area contributed by atoms with Crippen LogP contribution in [0.4, 0.5) is 0 Å². The first-order valence-electron chi connectivity index (χ1n) is 4.12. The lowest BCUT2D eigenvalue weighted by atomic mass is 10.1. The van der Waals surface area contributed by atoms with Crippen LogP contribution in [-0.4, -0.2) is 25.2 Å². The van der Waals surface area contributed by atoms with Gasteiger partial charge >= 0.3 is 0 Å². The Bertz CT molecular complexity index is 163.